The molecule has 1 aromatic heterocycles. The molecule has 2 aromatic rings. The highest BCUT2D eigenvalue weighted by Crippen LogP contribution is 2.13. The number of hydrogen-bond acceptors (Lipinski definition) is 6. The minimum atomic E-state index is -0.0654. The number of nitrogens with two attached hydrogens (primary N) is 1. The molecular weight excluding hydrogens is 409 g/mol. The highest BCUT2D eigenvalue weighted by molar-refractivity contribution is 7.09. The second-order valence-corrected chi connectivity index (χ2v) is 6.76. The zero-order valence-electron chi connectivity index (χ0n) is 14.7. The van der Waals surface area contributed by atoms with E-state index in [2.05, 4.69) is 15.2 Å². The molecule has 7 nitrogen and oxygen atoms in total. The van der Waals surface area contributed by atoms with Crippen molar-refractivity contribution >= 4 is 53.7 Å². The van der Waals surface area contributed by atoms with Crippen LogP contribution in [0.1, 0.15) is 15.5 Å². The quantitative estimate of drug-likeness (QED) is 0.753. The van der Waals surface area contributed by atoms with Crippen molar-refractivity contribution in [2.24, 2.45) is 5.73 Å². The van der Waals surface area contributed by atoms with Crippen LogP contribution in [0.15, 0.2) is 35.7 Å². The van der Waals surface area contributed by atoms with Crippen LogP contribution in [0.5, 0.6) is 0 Å². The van der Waals surface area contributed by atoms with E-state index in [1.54, 1.807) is 10.3 Å². The summed E-state index contributed by atoms with van der Waals surface area (Å²) < 4.78 is 0. The topological polar surface area (TPSA) is 91.6 Å². The molecule has 3 N–H and O–H groups in total. The van der Waals surface area contributed by atoms with Gasteiger partial charge in [-0.1, -0.05) is 18.2 Å². The predicted octanol–water partition coefficient (Wildman–Crippen LogP) is 1.84. The van der Waals surface area contributed by atoms with Crippen LogP contribution in [0, 0.1) is 0 Å². The second kappa shape index (κ2) is 11.2. The normalized spacial score (nSPS) is 14.0. The standard InChI is InChI=1S/C17H21N5O2S.2ClH/c18-10-16-20-14(12-25-16)17(24)22-8-6-21(7-9-22)11-15(23)19-13-4-2-1-3-5-13;;/h1-5,12H,6-11,18H2,(H,19,23);2*1H. The van der Waals surface area contributed by atoms with Gasteiger partial charge < -0.3 is 16.0 Å². The van der Waals surface area contributed by atoms with Crippen LogP contribution in [-0.4, -0.2) is 59.3 Å². The monoisotopic (exact) mass is 431 g/mol. The summed E-state index contributed by atoms with van der Waals surface area (Å²) in [6.45, 7) is 3.19. The van der Waals surface area contributed by atoms with E-state index in [0.29, 0.717) is 45.0 Å². The molecule has 27 heavy (non-hydrogen) atoms. The lowest BCUT2D eigenvalue weighted by Crippen LogP contribution is -2.50. The summed E-state index contributed by atoms with van der Waals surface area (Å²) >= 11 is 1.40. The molecule has 0 aliphatic carbocycles. The first-order chi connectivity index (χ1) is 12.2. The first-order valence-electron chi connectivity index (χ1n) is 8.16. The summed E-state index contributed by atoms with van der Waals surface area (Å²) in [7, 11) is 0. The van der Waals surface area contributed by atoms with Gasteiger partial charge in [-0.05, 0) is 12.1 Å². The van der Waals surface area contributed by atoms with Crippen molar-refractivity contribution < 1.29 is 9.59 Å². The van der Waals surface area contributed by atoms with Gasteiger partial charge in [-0.15, -0.1) is 36.2 Å². The number of nitrogens with zero attached hydrogens (tertiary/aromatic N) is 3. The van der Waals surface area contributed by atoms with Crippen molar-refractivity contribution in [3.05, 3.63) is 46.4 Å². The van der Waals surface area contributed by atoms with Crippen molar-refractivity contribution in [2.75, 3.05) is 38.0 Å². The molecule has 148 valence electrons. The number of carbonyl (C=O) groups excluding carboxylic acids is 2. The van der Waals surface area contributed by atoms with Crippen LogP contribution in [0.25, 0.3) is 0 Å². The number of carbonyl (C=O) groups is 2. The highest BCUT2D eigenvalue weighted by atomic mass is 35.5. The van der Waals surface area contributed by atoms with E-state index >= 15 is 0 Å². The largest absolute Gasteiger partial charge is 0.335 e. The van der Waals surface area contributed by atoms with E-state index in [1.807, 2.05) is 30.3 Å². The van der Waals surface area contributed by atoms with Gasteiger partial charge in [-0.3, -0.25) is 14.5 Å². The Morgan fingerprint density at radius 3 is 2.37 bits per heavy atom. The summed E-state index contributed by atoms with van der Waals surface area (Å²) in [6, 6.07) is 9.39. The summed E-state index contributed by atoms with van der Waals surface area (Å²) in [4.78, 5) is 32.6. The minimum Gasteiger partial charge on any atom is -0.335 e. The van der Waals surface area contributed by atoms with Crippen LogP contribution >= 0.6 is 36.2 Å². The number of rotatable bonds is 5. The van der Waals surface area contributed by atoms with Gasteiger partial charge >= 0.3 is 0 Å². The lowest BCUT2D eigenvalue weighted by atomic mass is 10.2. The molecule has 1 aliphatic rings. The lowest BCUT2D eigenvalue weighted by molar-refractivity contribution is -0.117. The summed E-state index contributed by atoms with van der Waals surface area (Å²) in [5, 5.41) is 5.39. The number of aromatic nitrogens is 1. The molecule has 0 atom stereocenters. The van der Waals surface area contributed by atoms with Gasteiger partial charge in [-0.25, -0.2) is 4.98 Å². The van der Waals surface area contributed by atoms with Gasteiger partial charge in [0.1, 0.15) is 10.7 Å². The van der Waals surface area contributed by atoms with Gasteiger partial charge in [-0.2, -0.15) is 0 Å². The van der Waals surface area contributed by atoms with Crippen molar-refractivity contribution in [3.8, 4) is 0 Å². The van der Waals surface area contributed by atoms with Crippen LogP contribution < -0.4 is 11.1 Å². The molecule has 0 bridgehead atoms. The van der Waals surface area contributed by atoms with Crippen molar-refractivity contribution in [1.29, 1.82) is 0 Å². The van der Waals surface area contributed by atoms with E-state index < -0.39 is 0 Å². The lowest BCUT2D eigenvalue weighted by Gasteiger charge is -2.33. The Morgan fingerprint density at radius 2 is 1.78 bits per heavy atom. The summed E-state index contributed by atoms with van der Waals surface area (Å²) in [6.07, 6.45) is 0. The van der Waals surface area contributed by atoms with Gasteiger partial charge in [0.15, 0.2) is 0 Å². The maximum atomic E-state index is 12.4. The Hall–Kier alpha value is -1.71. The Kier molecular flexibility index (Phi) is 9.68. The van der Waals surface area contributed by atoms with E-state index in [1.165, 1.54) is 11.3 Å². The van der Waals surface area contributed by atoms with E-state index in [9.17, 15) is 9.59 Å². The Labute approximate surface area is 174 Å². The average Bonchev–Trinajstić information content (AvgIpc) is 3.12. The fraction of sp³-hybridized carbons (Fsp3) is 0.353. The first kappa shape index (κ1) is 23.3. The Balaban J connectivity index is 0.00000182. The van der Waals surface area contributed by atoms with E-state index in [4.69, 9.17) is 5.73 Å². The smallest absolute Gasteiger partial charge is 0.273 e. The molecule has 1 aromatic carbocycles. The zero-order chi connectivity index (χ0) is 17.6. The third-order valence-corrected chi connectivity index (χ3v) is 4.90. The molecule has 1 aliphatic heterocycles. The molecule has 10 heteroatoms. The van der Waals surface area contributed by atoms with Crippen LogP contribution in [0.4, 0.5) is 5.69 Å². The van der Waals surface area contributed by atoms with Crippen LogP contribution in [0.3, 0.4) is 0 Å². The number of para-hydroxylation sites is 1. The predicted molar refractivity (Wildman–Crippen MR) is 112 cm³/mol. The zero-order valence-corrected chi connectivity index (χ0v) is 17.1. The van der Waals surface area contributed by atoms with Crippen molar-refractivity contribution in [3.63, 3.8) is 0 Å². The first-order valence-corrected chi connectivity index (χ1v) is 9.04. The molecule has 0 saturated carbocycles. The van der Waals surface area contributed by atoms with Gasteiger partial charge in [0, 0.05) is 43.8 Å². The second-order valence-electron chi connectivity index (χ2n) is 5.81. The van der Waals surface area contributed by atoms with Crippen molar-refractivity contribution in [1.82, 2.24) is 14.8 Å². The van der Waals surface area contributed by atoms with E-state index in [0.717, 1.165) is 10.7 Å². The number of anilines is 1. The third kappa shape index (κ3) is 6.44. The number of thiazole rings is 1. The Bertz CT molecular complexity index is 736. The maximum Gasteiger partial charge on any atom is 0.273 e. The van der Waals surface area contributed by atoms with Crippen LogP contribution in [-0.2, 0) is 11.3 Å². The SMILES string of the molecule is Cl.Cl.NCc1nc(C(=O)N2CCN(CC(=O)Nc3ccccc3)CC2)cs1. The number of amides is 2. The summed E-state index contributed by atoms with van der Waals surface area (Å²) in [5.74, 6) is -0.109. The maximum absolute atomic E-state index is 12.4. The third-order valence-electron chi connectivity index (χ3n) is 4.03. The molecule has 3 rings (SSSR count). The molecule has 2 heterocycles. The summed E-state index contributed by atoms with van der Waals surface area (Å²) in [5.41, 5.74) is 6.79. The molecule has 0 radical (unpaired) electrons. The van der Waals surface area contributed by atoms with E-state index in [-0.39, 0.29) is 36.6 Å². The number of hydrogen-bond donors (Lipinski definition) is 2. The molecule has 0 unspecified atom stereocenters. The van der Waals surface area contributed by atoms with Crippen LogP contribution in [0.2, 0.25) is 0 Å². The molecule has 2 amide bonds. The fourth-order valence-electron chi connectivity index (χ4n) is 2.70. The van der Waals surface area contributed by atoms with Gasteiger partial charge in [0.05, 0.1) is 6.54 Å². The highest BCUT2D eigenvalue weighted by Gasteiger charge is 2.24. The molecular formula is C17H23Cl2N5O2S. The number of nitrogens with one attached hydrogen (secondary N) is 1. The number of benzene rings is 1. The number of piperazine rings is 1. The molecule has 0 spiro atoms. The average molecular weight is 432 g/mol. The molecule has 1 saturated heterocycles. The van der Waals surface area contributed by atoms with Gasteiger partial charge in [0.25, 0.3) is 5.91 Å². The number of halogens is 2. The van der Waals surface area contributed by atoms with Crippen molar-refractivity contribution in [2.45, 2.75) is 6.54 Å². The fourth-order valence-corrected chi connectivity index (χ4v) is 3.35. The Morgan fingerprint density at radius 1 is 1.11 bits per heavy atom. The minimum absolute atomic E-state index is 0. The molecule has 1 fully saturated rings. The van der Waals surface area contributed by atoms with Gasteiger partial charge in [0.2, 0.25) is 5.91 Å².